The molecular weight excluding hydrogens is 472 g/mol. The van der Waals surface area contributed by atoms with Crippen LogP contribution in [0.2, 0.25) is 0 Å². The van der Waals surface area contributed by atoms with Gasteiger partial charge in [-0.1, -0.05) is 29.3 Å². The highest BCUT2D eigenvalue weighted by atomic mass is 79.9. The molecule has 0 aliphatic rings. The van der Waals surface area contributed by atoms with Crippen LogP contribution < -0.4 is 10.6 Å². The third-order valence-corrected chi connectivity index (χ3v) is 4.57. The lowest BCUT2D eigenvalue weighted by atomic mass is 9.97. The zero-order valence-electron chi connectivity index (χ0n) is 11.5. The van der Waals surface area contributed by atoms with Crippen LogP contribution in [0.5, 0.6) is 0 Å². The second-order valence-electron chi connectivity index (χ2n) is 4.71. The van der Waals surface area contributed by atoms with Gasteiger partial charge >= 0.3 is 12.0 Å². The van der Waals surface area contributed by atoms with Gasteiger partial charge in [-0.05, 0) is 57.3 Å². The maximum absolute atomic E-state index is 12.1. The third kappa shape index (κ3) is 4.96. The van der Waals surface area contributed by atoms with Gasteiger partial charge in [0.05, 0.1) is 5.69 Å². The van der Waals surface area contributed by atoms with Crippen molar-refractivity contribution in [3.63, 3.8) is 0 Å². The number of carboxylic acid groups (broad SMARTS) is 1. The van der Waals surface area contributed by atoms with Gasteiger partial charge in [-0.3, -0.25) is 0 Å². The minimum atomic E-state index is -1.30. The molecule has 116 valence electrons. The molecule has 2 amide bonds. The van der Waals surface area contributed by atoms with Crippen molar-refractivity contribution in [2.24, 2.45) is 0 Å². The van der Waals surface area contributed by atoms with Gasteiger partial charge < -0.3 is 15.7 Å². The SMILES string of the molecule is CCCC(C)(NC(=O)Nc1c(Br)cc(Br)cc1Br)C(=O)O. The summed E-state index contributed by atoms with van der Waals surface area (Å²) in [5.41, 5.74) is -0.771. The summed E-state index contributed by atoms with van der Waals surface area (Å²) in [6.07, 6.45) is 0.993. The Morgan fingerprint density at radius 1 is 1.24 bits per heavy atom. The number of amides is 2. The molecule has 1 rings (SSSR count). The highest BCUT2D eigenvalue weighted by molar-refractivity contribution is 9.11. The number of carbonyl (C=O) groups is 2. The molecular formula is C13H15Br3N2O3. The Kier molecular flexibility index (Phi) is 6.68. The van der Waals surface area contributed by atoms with Gasteiger partial charge in [-0.25, -0.2) is 9.59 Å². The van der Waals surface area contributed by atoms with Gasteiger partial charge in [0.25, 0.3) is 0 Å². The summed E-state index contributed by atoms with van der Waals surface area (Å²) in [5, 5.41) is 14.4. The number of benzene rings is 1. The fourth-order valence-electron chi connectivity index (χ4n) is 1.78. The van der Waals surface area contributed by atoms with E-state index in [1.807, 2.05) is 6.92 Å². The minimum Gasteiger partial charge on any atom is -0.480 e. The maximum Gasteiger partial charge on any atom is 0.329 e. The first-order valence-electron chi connectivity index (χ1n) is 6.16. The van der Waals surface area contributed by atoms with Crippen LogP contribution >= 0.6 is 47.8 Å². The molecule has 1 unspecified atom stereocenters. The number of halogens is 3. The van der Waals surface area contributed by atoms with E-state index in [-0.39, 0.29) is 0 Å². The van der Waals surface area contributed by atoms with E-state index in [9.17, 15) is 14.7 Å². The van der Waals surface area contributed by atoms with Gasteiger partial charge in [0.2, 0.25) is 0 Å². The molecule has 1 aromatic rings. The number of rotatable bonds is 5. The number of hydrogen-bond donors (Lipinski definition) is 3. The Bertz CT molecular complexity index is 543. The number of anilines is 1. The topological polar surface area (TPSA) is 78.4 Å². The van der Waals surface area contributed by atoms with Gasteiger partial charge in [-0.2, -0.15) is 0 Å². The van der Waals surface area contributed by atoms with Gasteiger partial charge in [-0.15, -0.1) is 0 Å². The Labute approximate surface area is 148 Å². The zero-order valence-corrected chi connectivity index (χ0v) is 16.2. The first-order chi connectivity index (χ1) is 9.69. The molecule has 0 saturated heterocycles. The monoisotopic (exact) mass is 484 g/mol. The van der Waals surface area contributed by atoms with Crippen molar-refractivity contribution in [1.29, 1.82) is 0 Å². The molecule has 0 saturated carbocycles. The van der Waals surface area contributed by atoms with Crippen molar-refractivity contribution in [3.8, 4) is 0 Å². The third-order valence-electron chi connectivity index (χ3n) is 2.86. The smallest absolute Gasteiger partial charge is 0.329 e. The number of carbonyl (C=O) groups excluding carboxylic acids is 1. The molecule has 0 aliphatic heterocycles. The summed E-state index contributed by atoms with van der Waals surface area (Å²) < 4.78 is 2.19. The largest absolute Gasteiger partial charge is 0.480 e. The quantitative estimate of drug-likeness (QED) is 0.562. The molecule has 0 aromatic heterocycles. The van der Waals surface area contributed by atoms with E-state index in [4.69, 9.17) is 0 Å². The van der Waals surface area contributed by atoms with E-state index in [0.29, 0.717) is 27.5 Å². The lowest BCUT2D eigenvalue weighted by molar-refractivity contribution is -0.143. The molecule has 0 spiro atoms. The first-order valence-corrected chi connectivity index (χ1v) is 8.54. The van der Waals surface area contributed by atoms with Crippen LogP contribution in [0.15, 0.2) is 25.6 Å². The zero-order chi connectivity index (χ0) is 16.2. The van der Waals surface area contributed by atoms with E-state index in [2.05, 4.69) is 58.4 Å². The van der Waals surface area contributed by atoms with Crippen molar-refractivity contribution in [3.05, 3.63) is 25.6 Å². The lowest BCUT2D eigenvalue weighted by Crippen LogP contribution is -2.53. The number of carboxylic acids is 1. The Hall–Kier alpha value is -0.600. The highest BCUT2D eigenvalue weighted by Crippen LogP contribution is 2.34. The summed E-state index contributed by atoms with van der Waals surface area (Å²) in [6.45, 7) is 3.35. The molecule has 0 bridgehead atoms. The van der Waals surface area contributed by atoms with Crippen LogP contribution in [-0.4, -0.2) is 22.6 Å². The Balaban J connectivity index is 2.89. The molecule has 5 nitrogen and oxygen atoms in total. The minimum absolute atomic E-state index is 0.346. The second-order valence-corrected chi connectivity index (χ2v) is 7.34. The number of urea groups is 1. The molecule has 0 aliphatic carbocycles. The van der Waals surface area contributed by atoms with Crippen molar-refractivity contribution in [2.75, 3.05) is 5.32 Å². The van der Waals surface area contributed by atoms with Crippen LogP contribution in [0.4, 0.5) is 10.5 Å². The standard InChI is InChI=1S/C13H15Br3N2O3/c1-3-4-13(2,11(19)20)18-12(21)17-10-8(15)5-7(14)6-9(10)16/h5-6H,3-4H2,1-2H3,(H,19,20)(H2,17,18,21). The van der Waals surface area contributed by atoms with E-state index in [1.165, 1.54) is 6.92 Å². The number of hydrogen-bond acceptors (Lipinski definition) is 2. The predicted molar refractivity (Wildman–Crippen MR) is 92.6 cm³/mol. The average molecular weight is 487 g/mol. The summed E-state index contributed by atoms with van der Waals surface area (Å²) in [5.74, 6) is -1.06. The first kappa shape index (κ1) is 18.4. The summed E-state index contributed by atoms with van der Waals surface area (Å²) in [4.78, 5) is 23.4. The highest BCUT2D eigenvalue weighted by Gasteiger charge is 2.34. The summed E-state index contributed by atoms with van der Waals surface area (Å²) in [7, 11) is 0. The Morgan fingerprint density at radius 2 is 1.76 bits per heavy atom. The van der Waals surface area contributed by atoms with Crippen LogP contribution in [0, 0.1) is 0 Å². The molecule has 1 atom stereocenters. The molecule has 0 radical (unpaired) electrons. The molecule has 0 heterocycles. The Morgan fingerprint density at radius 3 is 2.19 bits per heavy atom. The molecule has 8 heteroatoms. The predicted octanol–water partition coefficient (Wildman–Crippen LogP) is 4.74. The normalized spacial score (nSPS) is 13.4. The van der Waals surface area contributed by atoms with Crippen LogP contribution in [0.1, 0.15) is 26.7 Å². The fraction of sp³-hybridized carbons (Fsp3) is 0.385. The number of nitrogens with one attached hydrogen (secondary N) is 2. The maximum atomic E-state index is 12.1. The van der Waals surface area contributed by atoms with Crippen LogP contribution in [-0.2, 0) is 4.79 Å². The van der Waals surface area contributed by atoms with E-state index in [0.717, 1.165) is 4.47 Å². The van der Waals surface area contributed by atoms with Crippen molar-refractivity contribution in [1.82, 2.24) is 5.32 Å². The second kappa shape index (κ2) is 7.60. The van der Waals surface area contributed by atoms with Gasteiger partial charge in [0, 0.05) is 13.4 Å². The van der Waals surface area contributed by atoms with Crippen molar-refractivity contribution < 1.29 is 14.7 Å². The van der Waals surface area contributed by atoms with Crippen molar-refractivity contribution in [2.45, 2.75) is 32.2 Å². The average Bonchev–Trinajstić information content (AvgIpc) is 2.33. The lowest BCUT2D eigenvalue weighted by Gasteiger charge is -2.26. The molecule has 0 fully saturated rings. The van der Waals surface area contributed by atoms with Gasteiger partial charge in [0.15, 0.2) is 0 Å². The molecule has 3 N–H and O–H groups in total. The van der Waals surface area contributed by atoms with Crippen LogP contribution in [0.3, 0.4) is 0 Å². The molecule has 1 aromatic carbocycles. The van der Waals surface area contributed by atoms with E-state index >= 15 is 0 Å². The summed E-state index contributed by atoms with van der Waals surface area (Å²) in [6, 6.07) is 2.99. The van der Waals surface area contributed by atoms with E-state index in [1.54, 1.807) is 12.1 Å². The fourth-order valence-corrected chi connectivity index (χ4v) is 4.24. The van der Waals surface area contributed by atoms with Gasteiger partial charge in [0.1, 0.15) is 5.54 Å². The van der Waals surface area contributed by atoms with Crippen molar-refractivity contribution >= 4 is 65.5 Å². The van der Waals surface area contributed by atoms with Crippen LogP contribution in [0.25, 0.3) is 0 Å². The molecule has 21 heavy (non-hydrogen) atoms. The van der Waals surface area contributed by atoms with E-state index < -0.39 is 17.5 Å². The summed E-state index contributed by atoms with van der Waals surface area (Å²) >= 11 is 10.0. The number of aliphatic carboxylic acids is 1.